The minimum Gasteiger partial charge on any atom is -0.484 e. The number of carbonyl (C=O) groups is 1. The molecule has 0 aliphatic rings. The Hall–Kier alpha value is -3.02. The van der Waals surface area contributed by atoms with Crippen LogP contribution in [0.1, 0.15) is 36.5 Å². The van der Waals surface area contributed by atoms with Crippen LogP contribution in [0.4, 0.5) is 0 Å². The summed E-state index contributed by atoms with van der Waals surface area (Å²) in [6.07, 6.45) is 0. The maximum atomic E-state index is 11.5. The van der Waals surface area contributed by atoms with Gasteiger partial charge in [0.15, 0.2) is 12.6 Å². The number of benzene rings is 2. The Morgan fingerprint density at radius 2 is 1.90 bits per heavy atom. The fraction of sp³-hybridized carbons (Fsp3) is 0.391. The molecule has 6 heteroatoms. The number of guanidine groups is 1. The van der Waals surface area contributed by atoms with Gasteiger partial charge in [-0.2, -0.15) is 0 Å². The Kier molecular flexibility index (Phi) is 9.02. The highest BCUT2D eigenvalue weighted by molar-refractivity contribution is 5.79. The second-order valence-corrected chi connectivity index (χ2v) is 7.01. The normalized spacial score (nSPS) is 12.2. The summed E-state index contributed by atoms with van der Waals surface area (Å²) in [5.74, 6) is 1.67. The van der Waals surface area contributed by atoms with Crippen molar-refractivity contribution in [3.8, 4) is 5.75 Å². The SMILES string of the molecule is CCNC(=O)COc1cccc(CNC(=NC)NCC(C)c2cccc(C)c2)c1. The number of likely N-dealkylation sites (N-methyl/N-ethyl adjacent to an activating group) is 1. The lowest BCUT2D eigenvalue weighted by atomic mass is 9.99. The van der Waals surface area contributed by atoms with Gasteiger partial charge in [-0.3, -0.25) is 9.79 Å². The van der Waals surface area contributed by atoms with E-state index in [-0.39, 0.29) is 12.5 Å². The van der Waals surface area contributed by atoms with E-state index in [1.807, 2.05) is 31.2 Å². The predicted octanol–water partition coefficient (Wildman–Crippen LogP) is 2.98. The molecule has 0 aliphatic carbocycles. The average Bonchev–Trinajstić information content (AvgIpc) is 2.72. The molecule has 156 valence electrons. The van der Waals surface area contributed by atoms with Crippen LogP contribution in [-0.2, 0) is 11.3 Å². The number of aliphatic imine (C=N–C) groups is 1. The largest absolute Gasteiger partial charge is 0.484 e. The van der Waals surface area contributed by atoms with Gasteiger partial charge in [0.25, 0.3) is 5.91 Å². The zero-order valence-electron chi connectivity index (χ0n) is 17.8. The Labute approximate surface area is 173 Å². The van der Waals surface area contributed by atoms with Crippen LogP contribution in [0.2, 0.25) is 0 Å². The summed E-state index contributed by atoms with van der Waals surface area (Å²) >= 11 is 0. The molecule has 2 aromatic rings. The van der Waals surface area contributed by atoms with Crippen LogP contribution in [-0.4, -0.2) is 38.6 Å². The highest BCUT2D eigenvalue weighted by atomic mass is 16.5. The lowest BCUT2D eigenvalue weighted by Gasteiger charge is -2.17. The van der Waals surface area contributed by atoms with E-state index < -0.39 is 0 Å². The summed E-state index contributed by atoms with van der Waals surface area (Å²) in [7, 11) is 1.76. The molecule has 2 rings (SSSR count). The zero-order chi connectivity index (χ0) is 21.1. The van der Waals surface area contributed by atoms with Gasteiger partial charge in [0.1, 0.15) is 5.75 Å². The van der Waals surface area contributed by atoms with E-state index in [1.54, 1.807) is 7.05 Å². The molecular weight excluding hydrogens is 364 g/mol. The number of amides is 1. The van der Waals surface area contributed by atoms with Crippen LogP contribution in [0.3, 0.4) is 0 Å². The molecule has 0 spiro atoms. The first-order chi connectivity index (χ1) is 14.0. The van der Waals surface area contributed by atoms with Crippen molar-refractivity contribution >= 4 is 11.9 Å². The van der Waals surface area contributed by atoms with Crippen LogP contribution in [0.5, 0.6) is 5.75 Å². The van der Waals surface area contributed by atoms with E-state index in [1.165, 1.54) is 11.1 Å². The Bertz CT molecular complexity index is 820. The lowest BCUT2D eigenvalue weighted by molar-refractivity contribution is -0.122. The third kappa shape index (κ3) is 7.86. The van der Waals surface area contributed by atoms with Crippen LogP contribution in [0.15, 0.2) is 53.5 Å². The lowest BCUT2D eigenvalue weighted by Crippen LogP contribution is -2.38. The van der Waals surface area contributed by atoms with E-state index in [9.17, 15) is 4.79 Å². The van der Waals surface area contributed by atoms with Crippen molar-refractivity contribution in [2.45, 2.75) is 33.2 Å². The van der Waals surface area contributed by atoms with Crippen LogP contribution >= 0.6 is 0 Å². The van der Waals surface area contributed by atoms with Crippen molar-refractivity contribution < 1.29 is 9.53 Å². The first-order valence-electron chi connectivity index (χ1n) is 10.0. The minimum atomic E-state index is -0.122. The van der Waals surface area contributed by atoms with Crippen molar-refractivity contribution in [3.63, 3.8) is 0 Å². The van der Waals surface area contributed by atoms with E-state index in [0.717, 1.165) is 18.1 Å². The molecule has 0 radical (unpaired) electrons. The first-order valence-corrected chi connectivity index (χ1v) is 10.0. The van der Waals surface area contributed by atoms with Crippen molar-refractivity contribution in [2.75, 3.05) is 26.7 Å². The van der Waals surface area contributed by atoms with Crippen LogP contribution < -0.4 is 20.7 Å². The Morgan fingerprint density at radius 1 is 1.10 bits per heavy atom. The van der Waals surface area contributed by atoms with E-state index in [4.69, 9.17) is 4.74 Å². The molecule has 0 fully saturated rings. The molecule has 0 aromatic heterocycles. The molecule has 2 aromatic carbocycles. The number of hydrogen-bond acceptors (Lipinski definition) is 3. The second kappa shape index (κ2) is 11.7. The van der Waals surface area contributed by atoms with E-state index >= 15 is 0 Å². The molecule has 0 bridgehead atoms. The van der Waals surface area contributed by atoms with Gasteiger partial charge in [-0.25, -0.2) is 0 Å². The molecule has 29 heavy (non-hydrogen) atoms. The van der Waals surface area contributed by atoms with Crippen molar-refractivity contribution in [3.05, 3.63) is 65.2 Å². The maximum Gasteiger partial charge on any atom is 0.257 e. The molecule has 0 saturated heterocycles. The van der Waals surface area contributed by atoms with Gasteiger partial charge >= 0.3 is 0 Å². The summed E-state index contributed by atoms with van der Waals surface area (Å²) in [6, 6.07) is 16.3. The summed E-state index contributed by atoms with van der Waals surface area (Å²) < 4.78 is 5.55. The zero-order valence-corrected chi connectivity index (χ0v) is 17.8. The molecule has 1 amide bonds. The highest BCUT2D eigenvalue weighted by Gasteiger charge is 2.07. The minimum absolute atomic E-state index is 0.0186. The maximum absolute atomic E-state index is 11.5. The quantitative estimate of drug-likeness (QED) is 0.450. The molecular formula is C23H32N4O2. The van der Waals surface area contributed by atoms with E-state index in [2.05, 4.69) is 59.1 Å². The topological polar surface area (TPSA) is 74.8 Å². The smallest absolute Gasteiger partial charge is 0.257 e. The monoisotopic (exact) mass is 396 g/mol. The summed E-state index contributed by atoms with van der Waals surface area (Å²) in [5.41, 5.74) is 3.63. The number of rotatable bonds is 9. The van der Waals surface area contributed by atoms with E-state index in [0.29, 0.717) is 24.8 Å². The van der Waals surface area contributed by atoms with Crippen LogP contribution in [0.25, 0.3) is 0 Å². The van der Waals surface area contributed by atoms with Crippen molar-refractivity contribution in [1.82, 2.24) is 16.0 Å². The molecule has 0 heterocycles. The van der Waals surface area contributed by atoms with Gasteiger partial charge in [-0.15, -0.1) is 0 Å². The number of carbonyl (C=O) groups excluding carboxylic acids is 1. The molecule has 0 saturated carbocycles. The Morgan fingerprint density at radius 3 is 2.62 bits per heavy atom. The number of aryl methyl sites for hydroxylation is 1. The number of hydrogen-bond donors (Lipinski definition) is 3. The standard InChI is InChI=1S/C23H32N4O2/c1-5-25-22(28)16-29-21-11-7-9-19(13-21)15-27-23(24-4)26-14-18(3)20-10-6-8-17(2)12-20/h6-13,18H,5,14-16H2,1-4H3,(H,25,28)(H2,24,26,27). The average molecular weight is 397 g/mol. The fourth-order valence-electron chi connectivity index (χ4n) is 2.89. The molecule has 6 nitrogen and oxygen atoms in total. The number of nitrogens with one attached hydrogen (secondary N) is 3. The third-order valence-electron chi connectivity index (χ3n) is 4.51. The van der Waals surface area contributed by atoms with Crippen molar-refractivity contribution in [2.24, 2.45) is 4.99 Å². The van der Waals surface area contributed by atoms with Gasteiger partial charge in [0.2, 0.25) is 0 Å². The number of ether oxygens (including phenoxy) is 1. The fourth-order valence-corrected chi connectivity index (χ4v) is 2.89. The van der Waals surface area contributed by atoms with Gasteiger partial charge in [0, 0.05) is 26.7 Å². The van der Waals surface area contributed by atoms with Gasteiger partial charge in [-0.1, -0.05) is 48.9 Å². The second-order valence-electron chi connectivity index (χ2n) is 7.01. The van der Waals surface area contributed by atoms with Gasteiger partial charge < -0.3 is 20.7 Å². The molecule has 3 N–H and O–H groups in total. The third-order valence-corrected chi connectivity index (χ3v) is 4.51. The van der Waals surface area contributed by atoms with Crippen LogP contribution in [0, 0.1) is 6.92 Å². The van der Waals surface area contributed by atoms with Gasteiger partial charge in [-0.05, 0) is 43.0 Å². The first kappa shape index (κ1) is 22.3. The predicted molar refractivity (Wildman–Crippen MR) is 118 cm³/mol. The Balaban J connectivity index is 1.82. The highest BCUT2D eigenvalue weighted by Crippen LogP contribution is 2.15. The summed E-state index contributed by atoms with van der Waals surface area (Å²) in [4.78, 5) is 15.8. The molecule has 1 unspecified atom stereocenters. The molecule has 1 atom stereocenters. The number of nitrogens with zero attached hydrogens (tertiary/aromatic N) is 1. The molecule has 0 aliphatic heterocycles. The summed E-state index contributed by atoms with van der Waals surface area (Å²) in [5, 5.41) is 9.42. The van der Waals surface area contributed by atoms with Gasteiger partial charge in [0.05, 0.1) is 0 Å². The summed E-state index contributed by atoms with van der Waals surface area (Å²) in [6.45, 7) is 8.21. The van der Waals surface area contributed by atoms with Crippen molar-refractivity contribution in [1.29, 1.82) is 0 Å².